The van der Waals surface area contributed by atoms with Gasteiger partial charge in [0, 0.05) is 34.8 Å². The second kappa shape index (κ2) is 11.4. The quantitative estimate of drug-likeness (QED) is 0.382. The number of ether oxygens (including phenoxy) is 1. The lowest BCUT2D eigenvalue weighted by atomic mass is 10.1. The highest BCUT2D eigenvalue weighted by molar-refractivity contribution is 6.31. The smallest absolute Gasteiger partial charge is 0.162 e. The third-order valence-corrected chi connectivity index (χ3v) is 5.72. The molecule has 0 aliphatic carbocycles. The first-order chi connectivity index (χ1) is 16.1. The van der Waals surface area contributed by atoms with Crippen LogP contribution in [0, 0.1) is 0 Å². The van der Waals surface area contributed by atoms with Crippen LogP contribution in [0.3, 0.4) is 0 Å². The fourth-order valence-corrected chi connectivity index (χ4v) is 4.07. The van der Waals surface area contributed by atoms with Crippen molar-refractivity contribution >= 4 is 17.4 Å². The van der Waals surface area contributed by atoms with Gasteiger partial charge >= 0.3 is 0 Å². The fraction of sp³-hybridized carbons (Fsp3) is 0.360. The number of rotatable bonds is 9. The van der Waals surface area contributed by atoms with Crippen LogP contribution in [0.15, 0.2) is 54.6 Å². The van der Waals surface area contributed by atoms with Gasteiger partial charge in [0.2, 0.25) is 0 Å². The van der Waals surface area contributed by atoms with Gasteiger partial charge in [0.15, 0.2) is 5.82 Å². The topological polar surface area (TPSA) is 91.3 Å². The molecule has 1 atom stereocenters. The van der Waals surface area contributed by atoms with Crippen LogP contribution in [-0.2, 0) is 0 Å². The molecule has 8 heteroatoms. The van der Waals surface area contributed by atoms with E-state index >= 15 is 0 Å². The van der Waals surface area contributed by atoms with Gasteiger partial charge in [-0.25, -0.2) is 9.97 Å². The van der Waals surface area contributed by atoms with Crippen molar-refractivity contribution in [3.63, 3.8) is 0 Å². The van der Waals surface area contributed by atoms with E-state index in [4.69, 9.17) is 26.3 Å². The Labute approximate surface area is 199 Å². The first kappa shape index (κ1) is 23.4. The van der Waals surface area contributed by atoms with Crippen molar-refractivity contribution in [3.05, 3.63) is 59.6 Å². The number of anilines is 1. The van der Waals surface area contributed by atoms with Crippen molar-refractivity contribution in [1.82, 2.24) is 20.6 Å². The predicted molar refractivity (Wildman–Crippen MR) is 133 cm³/mol. The molecule has 4 N–H and O–H groups in total. The molecular formula is C25H30ClN5O2. The summed E-state index contributed by atoms with van der Waals surface area (Å²) in [7, 11) is 1.78. The minimum atomic E-state index is -0.615. The van der Waals surface area contributed by atoms with E-state index in [2.05, 4.69) is 16.0 Å². The number of aliphatic hydroxyl groups excluding tert-OH is 1. The third-order valence-electron chi connectivity index (χ3n) is 5.50. The molecule has 1 aromatic heterocycles. The summed E-state index contributed by atoms with van der Waals surface area (Å²) >= 11 is 6.40. The molecule has 0 radical (unpaired) electrons. The summed E-state index contributed by atoms with van der Waals surface area (Å²) in [5, 5.41) is 20.4. The first-order valence-electron chi connectivity index (χ1n) is 11.3. The number of benzene rings is 2. The predicted octanol–water partition coefficient (Wildman–Crippen LogP) is 3.59. The maximum atomic E-state index is 9.96. The first-order valence-corrected chi connectivity index (χ1v) is 11.7. The van der Waals surface area contributed by atoms with Crippen LogP contribution in [0.1, 0.15) is 12.8 Å². The molecule has 1 fully saturated rings. The molecule has 0 saturated carbocycles. The van der Waals surface area contributed by atoms with Gasteiger partial charge in [-0.15, -0.1) is 0 Å². The largest absolute Gasteiger partial charge is 0.491 e. The Morgan fingerprint density at radius 2 is 1.88 bits per heavy atom. The lowest BCUT2D eigenvalue weighted by Gasteiger charge is -2.24. The average molecular weight is 468 g/mol. The van der Waals surface area contributed by atoms with Gasteiger partial charge in [-0.05, 0) is 51.2 Å². The van der Waals surface area contributed by atoms with Crippen molar-refractivity contribution in [2.24, 2.45) is 0 Å². The van der Waals surface area contributed by atoms with Crippen molar-refractivity contribution in [1.29, 1.82) is 0 Å². The molecule has 1 saturated heterocycles. The standard InChI is InChI=1S/C25H30ClN5O2/c1-27-15-21(32)16-33-22-12-18(11-19(26)13-22)25-30-23(17-5-3-2-4-6-17)14-24(31-25)29-20-7-9-28-10-8-20/h2-6,11-14,20-21,27-28,32H,7-10,15-16H2,1H3,(H,29,30,31). The number of aromatic nitrogens is 2. The Morgan fingerprint density at radius 1 is 1.09 bits per heavy atom. The van der Waals surface area contributed by atoms with Gasteiger partial charge < -0.3 is 25.8 Å². The SMILES string of the molecule is CNCC(O)COc1cc(Cl)cc(-c2nc(NC3CCNCC3)cc(-c3ccccc3)n2)c1. The summed E-state index contributed by atoms with van der Waals surface area (Å²) in [6, 6.07) is 17.8. The van der Waals surface area contributed by atoms with Gasteiger partial charge in [-0.2, -0.15) is 0 Å². The minimum Gasteiger partial charge on any atom is -0.491 e. The second-order valence-corrected chi connectivity index (χ2v) is 8.63. The Bertz CT molecular complexity index is 1040. The highest BCUT2D eigenvalue weighted by Gasteiger charge is 2.16. The highest BCUT2D eigenvalue weighted by Crippen LogP contribution is 2.30. The zero-order valence-electron chi connectivity index (χ0n) is 18.7. The molecule has 3 aromatic rings. The number of nitrogens with one attached hydrogen (secondary N) is 3. The molecule has 0 spiro atoms. The van der Waals surface area contributed by atoms with Crippen LogP contribution in [-0.4, -0.2) is 60.5 Å². The zero-order chi connectivity index (χ0) is 23.0. The molecule has 0 bridgehead atoms. The van der Waals surface area contributed by atoms with Crippen LogP contribution in [0.25, 0.3) is 22.6 Å². The van der Waals surface area contributed by atoms with Crippen molar-refractivity contribution < 1.29 is 9.84 Å². The lowest BCUT2D eigenvalue weighted by molar-refractivity contribution is 0.108. The van der Waals surface area contributed by atoms with Crippen LogP contribution >= 0.6 is 11.6 Å². The van der Waals surface area contributed by atoms with E-state index in [0.29, 0.717) is 29.2 Å². The summed E-state index contributed by atoms with van der Waals surface area (Å²) in [4.78, 5) is 9.65. The number of aliphatic hydroxyl groups is 1. The van der Waals surface area contributed by atoms with Crippen molar-refractivity contribution in [3.8, 4) is 28.4 Å². The number of likely N-dealkylation sites (N-methyl/N-ethyl adjacent to an activating group) is 1. The molecular weight excluding hydrogens is 438 g/mol. The van der Waals surface area contributed by atoms with Crippen LogP contribution in [0.4, 0.5) is 5.82 Å². The van der Waals surface area contributed by atoms with Crippen LogP contribution in [0.2, 0.25) is 5.02 Å². The summed E-state index contributed by atoms with van der Waals surface area (Å²) in [5.74, 6) is 1.92. The molecule has 1 aliphatic rings. The molecule has 2 heterocycles. The Balaban J connectivity index is 1.66. The average Bonchev–Trinajstić information content (AvgIpc) is 2.84. The molecule has 1 unspecified atom stereocenters. The maximum absolute atomic E-state index is 9.96. The summed E-state index contributed by atoms with van der Waals surface area (Å²) in [6.45, 7) is 2.60. The normalized spacial score (nSPS) is 15.2. The van der Waals surface area contributed by atoms with Gasteiger partial charge in [0.05, 0.1) is 5.69 Å². The minimum absolute atomic E-state index is 0.161. The fourth-order valence-electron chi connectivity index (χ4n) is 3.84. The van der Waals surface area contributed by atoms with E-state index in [0.717, 1.165) is 48.6 Å². The van der Waals surface area contributed by atoms with Crippen LogP contribution < -0.4 is 20.7 Å². The number of hydrogen-bond acceptors (Lipinski definition) is 7. The van der Waals surface area contributed by atoms with E-state index < -0.39 is 6.10 Å². The van der Waals surface area contributed by atoms with E-state index in [1.807, 2.05) is 48.5 Å². The molecule has 0 amide bonds. The van der Waals surface area contributed by atoms with E-state index in [1.54, 1.807) is 13.1 Å². The number of hydrogen-bond donors (Lipinski definition) is 4. The summed E-state index contributed by atoms with van der Waals surface area (Å²) in [5.41, 5.74) is 2.61. The summed E-state index contributed by atoms with van der Waals surface area (Å²) in [6.07, 6.45) is 1.48. The van der Waals surface area contributed by atoms with Gasteiger partial charge in [-0.1, -0.05) is 41.9 Å². The molecule has 1 aliphatic heterocycles. The monoisotopic (exact) mass is 467 g/mol. The Kier molecular flexibility index (Phi) is 8.12. The lowest BCUT2D eigenvalue weighted by Crippen LogP contribution is -2.35. The molecule has 174 valence electrons. The number of piperidine rings is 1. The molecule has 2 aromatic carbocycles. The zero-order valence-corrected chi connectivity index (χ0v) is 19.5. The van der Waals surface area contributed by atoms with Crippen molar-refractivity contribution in [2.45, 2.75) is 25.0 Å². The van der Waals surface area contributed by atoms with Gasteiger partial charge in [0.25, 0.3) is 0 Å². The number of halogens is 1. The Morgan fingerprint density at radius 3 is 2.64 bits per heavy atom. The summed E-state index contributed by atoms with van der Waals surface area (Å²) < 4.78 is 5.78. The van der Waals surface area contributed by atoms with Gasteiger partial charge in [0.1, 0.15) is 24.3 Å². The molecule has 33 heavy (non-hydrogen) atoms. The Hall–Kier alpha value is -2.71. The number of nitrogens with zero attached hydrogens (tertiary/aromatic N) is 2. The van der Waals surface area contributed by atoms with Gasteiger partial charge in [-0.3, -0.25) is 0 Å². The molecule has 7 nitrogen and oxygen atoms in total. The second-order valence-electron chi connectivity index (χ2n) is 8.19. The van der Waals surface area contributed by atoms with E-state index in [-0.39, 0.29) is 6.61 Å². The maximum Gasteiger partial charge on any atom is 0.162 e. The van der Waals surface area contributed by atoms with E-state index in [9.17, 15) is 5.11 Å². The van der Waals surface area contributed by atoms with Crippen LogP contribution in [0.5, 0.6) is 5.75 Å². The third kappa shape index (κ3) is 6.65. The van der Waals surface area contributed by atoms with Crippen molar-refractivity contribution in [2.75, 3.05) is 38.6 Å². The van der Waals surface area contributed by atoms with E-state index in [1.165, 1.54) is 0 Å². The molecule has 4 rings (SSSR count). The highest BCUT2D eigenvalue weighted by atomic mass is 35.5.